The molecule has 10 heteroatoms. The first-order valence-corrected chi connectivity index (χ1v) is 7.63. The van der Waals surface area contributed by atoms with Gasteiger partial charge in [-0.25, -0.2) is 4.85 Å². The van der Waals surface area contributed by atoms with E-state index in [0.717, 1.165) is 16.7 Å². The number of rotatable bonds is 3. The van der Waals surface area contributed by atoms with E-state index in [9.17, 15) is 31.4 Å². The van der Waals surface area contributed by atoms with Crippen LogP contribution in [-0.4, -0.2) is 16.0 Å². The Kier molecular flexibility index (Phi) is 4.62. The Morgan fingerprint density at radius 2 is 1.68 bits per heavy atom. The van der Waals surface area contributed by atoms with Gasteiger partial charge in [-0.15, -0.1) is 13.2 Å². The summed E-state index contributed by atoms with van der Waals surface area (Å²) in [5, 5.41) is 9.85. The normalized spacial score (nSPS) is 12.2. The van der Waals surface area contributed by atoms with Gasteiger partial charge < -0.3 is 14.4 Å². The number of fused-ring (bicyclic) bond motifs is 1. The lowest BCUT2D eigenvalue weighted by atomic mass is 10.1. The number of hydrogen-bond donors (Lipinski definition) is 1. The molecule has 0 radical (unpaired) electrons. The predicted molar refractivity (Wildman–Crippen MR) is 87.1 cm³/mol. The van der Waals surface area contributed by atoms with E-state index in [2.05, 4.69) is 9.58 Å². The molecule has 0 bridgehead atoms. The molecule has 0 spiro atoms. The van der Waals surface area contributed by atoms with E-state index < -0.39 is 35.1 Å². The van der Waals surface area contributed by atoms with Gasteiger partial charge in [-0.05, 0) is 35.2 Å². The number of benzene rings is 2. The molecule has 146 valence electrons. The van der Waals surface area contributed by atoms with Gasteiger partial charge in [0, 0.05) is 6.20 Å². The summed E-state index contributed by atoms with van der Waals surface area (Å²) in [4.78, 5) is 3.01. The van der Waals surface area contributed by atoms with Crippen molar-refractivity contribution in [1.29, 1.82) is 0 Å². The van der Waals surface area contributed by atoms with Gasteiger partial charge in [0.1, 0.15) is 5.75 Å². The molecule has 0 aliphatic heterocycles. The highest BCUT2D eigenvalue weighted by Crippen LogP contribution is 2.42. The van der Waals surface area contributed by atoms with Crippen LogP contribution in [0.15, 0.2) is 42.6 Å². The van der Waals surface area contributed by atoms with E-state index in [1.807, 2.05) is 0 Å². The molecule has 2 aromatic carbocycles. The molecule has 0 aliphatic rings. The third-order valence-corrected chi connectivity index (χ3v) is 3.89. The van der Waals surface area contributed by atoms with Gasteiger partial charge in [-0.2, -0.15) is 13.2 Å². The molecule has 0 fully saturated rings. The average molecular weight is 400 g/mol. The van der Waals surface area contributed by atoms with E-state index in [4.69, 9.17) is 6.57 Å². The van der Waals surface area contributed by atoms with E-state index in [1.54, 1.807) is 0 Å². The Morgan fingerprint density at radius 3 is 2.21 bits per heavy atom. The largest absolute Gasteiger partial charge is 0.573 e. The molecule has 4 nitrogen and oxygen atoms in total. The van der Waals surface area contributed by atoms with Crippen LogP contribution in [0.25, 0.3) is 15.6 Å². The summed E-state index contributed by atoms with van der Waals surface area (Å²) in [7, 11) is 0. The molecular weight excluding hydrogens is 390 g/mol. The van der Waals surface area contributed by atoms with E-state index in [-0.39, 0.29) is 17.6 Å². The van der Waals surface area contributed by atoms with Crippen LogP contribution < -0.4 is 4.74 Å². The quantitative estimate of drug-likeness (QED) is 0.442. The molecule has 3 aromatic rings. The fourth-order valence-electron chi connectivity index (χ4n) is 2.77. The van der Waals surface area contributed by atoms with Crippen LogP contribution in [0.5, 0.6) is 11.6 Å². The number of ether oxygens (including phenoxy) is 1. The summed E-state index contributed by atoms with van der Waals surface area (Å²) in [5.41, 5.74) is -0.948. The fraction of sp³-hybridized carbons (Fsp3) is 0.167. The molecule has 0 saturated carbocycles. The highest BCUT2D eigenvalue weighted by Gasteiger charge is 2.35. The molecular formula is C18H10F6N2O2. The van der Waals surface area contributed by atoms with Gasteiger partial charge in [0.05, 0.1) is 24.1 Å². The van der Waals surface area contributed by atoms with Crippen molar-refractivity contribution in [2.24, 2.45) is 0 Å². The summed E-state index contributed by atoms with van der Waals surface area (Å²) in [6, 6.07) is 6.57. The van der Waals surface area contributed by atoms with Gasteiger partial charge in [0.25, 0.3) is 0 Å². The minimum atomic E-state index is -4.84. The first-order valence-electron chi connectivity index (χ1n) is 7.63. The molecule has 1 aromatic heterocycles. The molecule has 0 atom stereocenters. The second-order valence-electron chi connectivity index (χ2n) is 5.84. The maximum Gasteiger partial charge on any atom is 0.573 e. The molecule has 1 N–H and O–H groups in total. The summed E-state index contributed by atoms with van der Waals surface area (Å²) < 4.78 is 81.3. The molecule has 0 unspecified atom stereocenters. The average Bonchev–Trinajstić information content (AvgIpc) is 2.89. The number of aromatic hydroxyl groups is 1. The standard InChI is InChI=1S/C18H10F6N2O2/c1-25-12-6-11-9-26(16(27)15(11)14(7-12)17(19,20)21)8-10-2-4-13(5-3-10)28-18(22,23)24/h2-7,9,27H,8H2. The van der Waals surface area contributed by atoms with Crippen LogP contribution in [0, 0.1) is 6.57 Å². The zero-order valence-electron chi connectivity index (χ0n) is 13.8. The van der Waals surface area contributed by atoms with E-state index in [0.29, 0.717) is 11.6 Å². The summed E-state index contributed by atoms with van der Waals surface area (Å²) in [6.07, 6.45) is -8.37. The smallest absolute Gasteiger partial charge is 0.494 e. The SMILES string of the molecule is [C-]#[N+]c1cc(C(F)(F)F)c2c(O)n(Cc3ccc(OC(F)(F)F)cc3)cc2c1. The molecule has 28 heavy (non-hydrogen) atoms. The summed E-state index contributed by atoms with van der Waals surface area (Å²) in [6.45, 7) is 6.84. The second kappa shape index (κ2) is 6.67. The first-order chi connectivity index (χ1) is 13.0. The number of halogens is 6. The molecule has 1 heterocycles. The van der Waals surface area contributed by atoms with E-state index in [1.165, 1.54) is 24.4 Å². The summed E-state index contributed by atoms with van der Waals surface area (Å²) in [5.74, 6) is -1.10. The molecule has 0 saturated heterocycles. The van der Waals surface area contributed by atoms with E-state index >= 15 is 0 Å². The van der Waals surface area contributed by atoms with Gasteiger partial charge in [0.15, 0.2) is 11.6 Å². The lowest BCUT2D eigenvalue weighted by Crippen LogP contribution is -2.17. The van der Waals surface area contributed by atoms with Crippen LogP contribution in [0.1, 0.15) is 11.1 Å². The van der Waals surface area contributed by atoms with Crippen molar-refractivity contribution in [2.75, 3.05) is 0 Å². The van der Waals surface area contributed by atoms with Crippen molar-refractivity contribution in [3.63, 3.8) is 0 Å². The van der Waals surface area contributed by atoms with Gasteiger partial charge >= 0.3 is 12.5 Å². The zero-order chi connectivity index (χ0) is 20.7. The highest BCUT2D eigenvalue weighted by atomic mass is 19.4. The molecule has 3 rings (SSSR count). The monoisotopic (exact) mass is 400 g/mol. The van der Waals surface area contributed by atoms with Crippen LogP contribution in [0.2, 0.25) is 0 Å². The second-order valence-corrected chi connectivity index (χ2v) is 5.84. The number of aromatic nitrogens is 1. The van der Waals surface area contributed by atoms with Crippen LogP contribution >= 0.6 is 0 Å². The van der Waals surface area contributed by atoms with Crippen LogP contribution in [-0.2, 0) is 12.7 Å². The lowest BCUT2D eigenvalue weighted by Gasteiger charge is -2.11. The van der Waals surface area contributed by atoms with Gasteiger partial charge in [0.2, 0.25) is 0 Å². The fourth-order valence-corrected chi connectivity index (χ4v) is 2.77. The number of nitrogens with zero attached hydrogens (tertiary/aromatic N) is 2. The zero-order valence-corrected chi connectivity index (χ0v) is 13.8. The van der Waals surface area contributed by atoms with Crippen LogP contribution in [0.4, 0.5) is 32.0 Å². The van der Waals surface area contributed by atoms with Crippen molar-refractivity contribution in [1.82, 2.24) is 4.57 Å². The van der Waals surface area contributed by atoms with Crippen molar-refractivity contribution in [3.8, 4) is 11.6 Å². The van der Waals surface area contributed by atoms with Crippen molar-refractivity contribution < 1.29 is 36.2 Å². The Balaban J connectivity index is 1.99. The van der Waals surface area contributed by atoms with Gasteiger partial charge in [-0.3, -0.25) is 0 Å². The molecule has 0 aliphatic carbocycles. The van der Waals surface area contributed by atoms with Crippen molar-refractivity contribution >= 4 is 16.5 Å². The topological polar surface area (TPSA) is 38.8 Å². The Bertz CT molecular complexity index is 1060. The maximum atomic E-state index is 13.3. The summed E-state index contributed by atoms with van der Waals surface area (Å²) >= 11 is 0. The third-order valence-electron chi connectivity index (χ3n) is 3.89. The first kappa shape index (κ1) is 19.4. The van der Waals surface area contributed by atoms with Gasteiger partial charge in [-0.1, -0.05) is 12.1 Å². The number of hydrogen-bond acceptors (Lipinski definition) is 2. The Hall–Kier alpha value is -3.35. The Labute approximate surface area is 154 Å². The minimum Gasteiger partial charge on any atom is -0.494 e. The third kappa shape index (κ3) is 3.98. The highest BCUT2D eigenvalue weighted by molar-refractivity contribution is 5.94. The van der Waals surface area contributed by atoms with Crippen LogP contribution in [0.3, 0.4) is 0 Å². The molecule has 0 amide bonds. The lowest BCUT2D eigenvalue weighted by molar-refractivity contribution is -0.274. The van der Waals surface area contributed by atoms with Crippen molar-refractivity contribution in [3.05, 3.63) is 65.1 Å². The number of alkyl halides is 6. The minimum absolute atomic E-state index is 0.0235. The van der Waals surface area contributed by atoms with Crippen molar-refractivity contribution in [2.45, 2.75) is 19.1 Å². The predicted octanol–water partition coefficient (Wildman–Crippen LogP) is 5.86. The Morgan fingerprint density at radius 1 is 1.04 bits per heavy atom. The maximum absolute atomic E-state index is 13.3.